The monoisotopic (exact) mass is 257 g/mol. The smallest absolute Gasteiger partial charge is 0.300 e. The third-order valence-electron chi connectivity index (χ3n) is 3.64. The number of rotatable bonds is 3. The molecule has 2 rings (SSSR count). The third kappa shape index (κ3) is 2.14. The standard InChI is InChI=1S/C14H18F3N/c1-2-10-18-13(14(15,16)17)9-5-7-11-6-3-4-8-12(11)13/h3-4,6,8,18H,2,5,7,9-10H2,1H3. The molecule has 1 aromatic rings. The molecule has 0 amide bonds. The molecule has 100 valence electrons. The van der Waals surface area contributed by atoms with Crippen LogP contribution in [0.2, 0.25) is 0 Å². The van der Waals surface area contributed by atoms with Crippen LogP contribution >= 0.6 is 0 Å². The fourth-order valence-electron chi connectivity index (χ4n) is 2.75. The average molecular weight is 257 g/mol. The van der Waals surface area contributed by atoms with E-state index < -0.39 is 11.7 Å². The first kappa shape index (κ1) is 13.4. The highest BCUT2D eigenvalue weighted by Gasteiger charge is 2.56. The lowest BCUT2D eigenvalue weighted by molar-refractivity contribution is -0.205. The van der Waals surface area contributed by atoms with E-state index in [9.17, 15) is 13.2 Å². The summed E-state index contributed by atoms with van der Waals surface area (Å²) in [7, 11) is 0. The Labute approximate surface area is 105 Å². The molecule has 18 heavy (non-hydrogen) atoms. The SMILES string of the molecule is CCCNC1(C(F)(F)F)CCCc2ccccc21. The highest BCUT2D eigenvalue weighted by Crippen LogP contribution is 2.46. The van der Waals surface area contributed by atoms with Gasteiger partial charge in [-0.25, -0.2) is 0 Å². The second-order valence-corrected chi connectivity index (χ2v) is 4.84. The molecule has 0 heterocycles. The minimum atomic E-state index is -4.25. The number of aryl methyl sites for hydroxylation is 1. The Morgan fingerprint density at radius 2 is 2.00 bits per heavy atom. The molecule has 0 saturated carbocycles. The van der Waals surface area contributed by atoms with E-state index in [4.69, 9.17) is 0 Å². The molecule has 0 saturated heterocycles. The largest absolute Gasteiger partial charge is 0.410 e. The van der Waals surface area contributed by atoms with Crippen molar-refractivity contribution in [1.82, 2.24) is 5.32 Å². The van der Waals surface area contributed by atoms with Crippen LogP contribution in [0.5, 0.6) is 0 Å². The molecule has 0 bridgehead atoms. The van der Waals surface area contributed by atoms with Crippen molar-refractivity contribution >= 4 is 0 Å². The molecule has 1 aromatic carbocycles. The zero-order chi connectivity index (χ0) is 13.2. The Morgan fingerprint density at radius 3 is 2.67 bits per heavy atom. The summed E-state index contributed by atoms with van der Waals surface area (Å²) in [5, 5.41) is 2.76. The summed E-state index contributed by atoms with van der Waals surface area (Å²) in [4.78, 5) is 0. The molecule has 1 N–H and O–H groups in total. The number of fused-ring (bicyclic) bond motifs is 1. The van der Waals surface area contributed by atoms with Crippen molar-refractivity contribution in [1.29, 1.82) is 0 Å². The van der Waals surface area contributed by atoms with Crippen molar-refractivity contribution in [3.63, 3.8) is 0 Å². The molecule has 1 aliphatic rings. The van der Waals surface area contributed by atoms with Crippen LogP contribution in [0, 0.1) is 0 Å². The van der Waals surface area contributed by atoms with Gasteiger partial charge in [0.1, 0.15) is 5.54 Å². The molecule has 0 aromatic heterocycles. The maximum Gasteiger partial charge on any atom is 0.410 e. The number of hydrogen-bond donors (Lipinski definition) is 1. The molecule has 1 atom stereocenters. The summed E-state index contributed by atoms with van der Waals surface area (Å²) >= 11 is 0. The van der Waals surface area contributed by atoms with Gasteiger partial charge >= 0.3 is 6.18 Å². The van der Waals surface area contributed by atoms with Crippen LogP contribution in [0.25, 0.3) is 0 Å². The first-order valence-corrected chi connectivity index (χ1v) is 6.41. The van der Waals surface area contributed by atoms with Gasteiger partial charge in [-0.1, -0.05) is 31.2 Å². The van der Waals surface area contributed by atoms with Crippen molar-refractivity contribution < 1.29 is 13.2 Å². The lowest BCUT2D eigenvalue weighted by Gasteiger charge is -2.41. The lowest BCUT2D eigenvalue weighted by atomic mass is 9.76. The second kappa shape index (κ2) is 4.92. The van der Waals surface area contributed by atoms with E-state index >= 15 is 0 Å². The third-order valence-corrected chi connectivity index (χ3v) is 3.64. The van der Waals surface area contributed by atoms with Gasteiger partial charge in [0.05, 0.1) is 0 Å². The Balaban J connectivity index is 2.48. The minimum Gasteiger partial charge on any atom is -0.300 e. The number of hydrogen-bond acceptors (Lipinski definition) is 1. The van der Waals surface area contributed by atoms with Crippen molar-refractivity contribution in [3.05, 3.63) is 35.4 Å². The van der Waals surface area contributed by atoms with Gasteiger partial charge in [-0.3, -0.25) is 5.32 Å². The number of halogens is 3. The number of benzene rings is 1. The van der Waals surface area contributed by atoms with E-state index in [1.807, 2.05) is 19.1 Å². The normalized spacial score (nSPS) is 23.8. The number of nitrogens with one attached hydrogen (secondary N) is 1. The maximum atomic E-state index is 13.5. The summed E-state index contributed by atoms with van der Waals surface area (Å²) in [6.07, 6.45) is -2.11. The van der Waals surface area contributed by atoms with Crippen LogP contribution in [0.1, 0.15) is 37.3 Å². The molecule has 1 unspecified atom stereocenters. The van der Waals surface area contributed by atoms with E-state index in [0.29, 0.717) is 24.9 Å². The minimum absolute atomic E-state index is 0.132. The van der Waals surface area contributed by atoms with Crippen LogP contribution in [0.4, 0.5) is 13.2 Å². The fourth-order valence-corrected chi connectivity index (χ4v) is 2.75. The Hall–Kier alpha value is -1.03. The van der Waals surface area contributed by atoms with Crippen molar-refractivity contribution in [2.24, 2.45) is 0 Å². The molecule has 0 radical (unpaired) electrons. The van der Waals surface area contributed by atoms with Gasteiger partial charge in [-0.2, -0.15) is 13.2 Å². The highest BCUT2D eigenvalue weighted by atomic mass is 19.4. The summed E-state index contributed by atoms with van der Waals surface area (Å²) in [6.45, 7) is 2.26. The van der Waals surface area contributed by atoms with Gasteiger partial charge in [0.25, 0.3) is 0 Å². The Bertz CT molecular complexity index is 414. The Kier molecular flexibility index (Phi) is 3.66. The van der Waals surface area contributed by atoms with E-state index in [1.165, 1.54) is 0 Å². The van der Waals surface area contributed by atoms with Crippen molar-refractivity contribution in [2.45, 2.75) is 44.3 Å². The molecule has 0 spiro atoms. The van der Waals surface area contributed by atoms with E-state index in [-0.39, 0.29) is 6.42 Å². The quantitative estimate of drug-likeness (QED) is 0.869. The highest BCUT2D eigenvalue weighted by molar-refractivity contribution is 5.37. The molecule has 0 fully saturated rings. The molecule has 1 nitrogen and oxygen atoms in total. The second-order valence-electron chi connectivity index (χ2n) is 4.84. The lowest BCUT2D eigenvalue weighted by Crippen LogP contribution is -2.55. The average Bonchev–Trinajstić information content (AvgIpc) is 2.35. The van der Waals surface area contributed by atoms with Gasteiger partial charge in [0.2, 0.25) is 0 Å². The first-order valence-electron chi connectivity index (χ1n) is 6.41. The van der Waals surface area contributed by atoms with Gasteiger partial charge in [-0.15, -0.1) is 0 Å². The van der Waals surface area contributed by atoms with Gasteiger partial charge in [-0.05, 0) is 43.4 Å². The summed E-state index contributed by atoms with van der Waals surface area (Å²) < 4.78 is 40.6. The zero-order valence-electron chi connectivity index (χ0n) is 10.5. The van der Waals surface area contributed by atoms with Crippen LogP contribution in [0.15, 0.2) is 24.3 Å². The van der Waals surface area contributed by atoms with Gasteiger partial charge in [0, 0.05) is 0 Å². The zero-order valence-corrected chi connectivity index (χ0v) is 10.5. The van der Waals surface area contributed by atoms with Crippen molar-refractivity contribution in [3.8, 4) is 0 Å². The summed E-state index contributed by atoms with van der Waals surface area (Å²) in [5.74, 6) is 0. The molecule has 4 heteroatoms. The molecule has 0 aliphatic heterocycles. The van der Waals surface area contributed by atoms with Crippen LogP contribution in [-0.4, -0.2) is 12.7 Å². The first-order chi connectivity index (χ1) is 8.51. The van der Waals surface area contributed by atoms with E-state index in [1.54, 1.807) is 12.1 Å². The fraction of sp³-hybridized carbons (Fsp3) is 0.571. The molecule has 1 aliphatic carbocycles. The van der Waals surface area contributed by atoms with Gasteiger partial charge < -0.3 is 0 Å². The van der Waals surface area contributed by atoms with Crippen molar-refractivity contribution in [2.75, 3.05) is 6.54 Å². The predicted octanol–water partition coefficient (Wildman–Crippen LogP) is 3.78. The summed E-state index contributed by atoms with van der Waals surface area (Å²) in [5.41, 5.74) is -0.612. The molecular formula is C14H18F3N. The maximum absolute atomic E-state index is 13.5. The molecular weight excluding hydrogens is 239 g/mol. The number of alkyl halides is 3. The van der Waals surface area contributed by atoms with Crippen LogP contribution in [-0.2, 0) is 12.0 Å². The topological polar surface area (TPSA) is 12.0 Å². The summed E-state index contributed by atoms with van der Waals surface area (Å²) in [6, 6.07) is 6.93. The van der Waals surface area contributed by atoms with Crippen LogP contribution < -0.4 is 5.32 Å². The van der Waals surface area contributed by atoms with E-state index in [0.717, 1.165) is 12.0 Å². The predicted molar refractivity (Wildman–Crippen MR) is 65.4 cm³/mol. The Morgan fingerprint density at radius 1 is 1.28 bits per heavy atom. The van der Waals surface area contributed by atoms with E-state index in [2.05, 4.69) is 5.32 Å². The van der Waals surface area contributed by atoms with Gasteiger partial charge in [0.15, 0.2) is 0 Å². The van der Waals surface area contributed by atoms with Crippen LogP contribution in [0.3, 0.4) is 0 Å².